The summed E-state index contributed by atoms with van der Waals surface area (Å²) in [4.78, 5) is 22.1. The van der Waals surface area contributed by atoms with E-state index in [9.17, 15) is 0 Å². The Morgan fingerprint density at radius 3 is 2.21 bits per heavy atom. The highest BCUT2D eigenvalue weighted by Crippen LogP contribution is 2.39. The van der Waals surface area contributed by atoms with Crippen LogP contribution in [0.3, 0.4) is 0 Å². The average molecular weight is 393 g/mol. The summed E-state index contributed by atoms with van der Waals surface area (Å²) in [6, 6.07) is 10.1. The van der Waals surface area contributed by atoms with Gasteiger partial charge in [0, 0.05) is 29.8 Å². The number of hydrogen-bond donors (Lipinski definition) is 2. The Bertz CT molecular complexity index is 937. The van der Waals surface area contributed by atoms with Crippen LogP contribution in [0.15, 0.2) is 40.3 Å². The van der Waals surface area contributed by atoms with Crippen LogP contribution < -0.4 is 21.3 Å². The molecule has 8 heteroatoms. The van der Waals surface area contributed by atoms with E-state index in [0.717, 1.165) is 48.4 Å². The first-order valence-corrected chi connectivity index (χ1v) is 10.0. The van der Waals surface area contributed by atoms with Crippen molar-refractivity contribution in [2.45, 2.75) is 51.6 Å². The van der Waals surface area contributed by atoms with Crippen LogP contribution >= 0.6 is 0 Å². The number of anilines is 3. The summed E-state index contributed by atoms with van der Waals surface area (Å²) in [7, 11) is 1.97. The van der Waals surface area contributed by atoms with Crippen molar-refractivity contribution in [2.24, 2.45) is 21.5 Å². The monoisotopic (exact) mass is 392 g/mol. The molecular weight excluding hydrogens is 364 g/mol. The molecule has 0 amide bonds. The van der Waals surface area contributed by atoms with Gasteiger partial charge in [-0.2, -0.15) is 4.99 Å². The number of hydrogen-bond acceptors (Lipinski definition) is 8. The minimum atomic E-state index is -0.432. The third-order valence-electron chi connectivity index (χ3n) is 5.62. The molecule has 2 aromatic rings. The van der Waals surface area contributed by atoms with Crippen LogP contribution in [0.25, 0.3) is 0 Å². The molecule has 1 aliphatic heterocycles. The zero-order chi connectivity index (χ0) is 20.6. The van der Waals surface area contributed by atoms with Gasteiger partial charge in [-0.3, -0.25) is 4.90 Å². The van der Waals surface area contributed by atoms with Crippen LogP contribution in [0.2, 0.25) is 0 Å². The van der Waals surface area contributed by atoms with Gasteiger partial charge in [0.15, 0.2) is 0 Å². The van der Waals surface area contributed by atoms with Crippen molar-refractivity contribution in [1.29, 1.82) is 0 Å². The van der Waals surface area contributed by atoms with E-state index in [4.69, 9.17) is 16.5 Å². The Balaban J connectivity index is 1.65. The van der Waals surface area contributed by atoms with Gasteiger partial charge in [-0.05, 0) is 69.9 Å². The molecule has 1 aliphatic carbocycles. The Morgan fingerprint density at radius 1 is 0.966 bits per heavy atom. The second kappa shape index (κ2) is 7.35. The molecule has 0 atom stereocenters. The molecule has 0 saturated heterocycles. The largest absolute Gasteiger partial charge is 0.369 e. The zero-order valence-electron chi connectivity index (χ0n) is 17.3. The highest BCUT2D eigenvalue weighted by atomic mass is 15.4. The van der Waals surface area contributed by atoms with Gasteiger partial charge < -0.3 is 16.4 Å². The number of aryl methyl sites for hydroxylation is 2. The summed E-state index contributed by atoms with van der Waals surface area (Å²) in [6.45, 7) is 3.95. The third-order valence-corrected chi connectivity index (χ3v) is 5.62. The fraction of sp³-hybridized carbons (Fsp3) is 0.429. The smallest absolute Gasteiger partial charge is 0.230 e. The van der Waals surface area contributed by atoms with Crippen molar-refractivity contribution in [2.75, 3.05) is 16.8 Å². The van der Waals surface area contributed by atoms with E-state index in [1.807, 2.05) is 61.0 Å². The van der Waals surface area contributed by atoms with Crippen molar-refractivity contribution in [3.63, 3.8) is 0 Å². The Kier molecular flexibility index (Phi) is 4.86. The van der Waals surface area contributed by atoms with Crippen LogP contribution in [-0.2, 0) is 0 Å². The van der Waals surface area contributed by atoms with Gasteiger partial charge in [0.2, 0.25) is 17.9 Å². The zero-order valence-corrected chi connectivity index (χ0v) is 17.3. The molecule has 2 heterocycles. The van der Waals surface area contributed by atoms with Crippen LogP contribution in [0, 0.1) is 13.8 Å². The Hall–Kier alpha value is -3.16. The van der Waals surface area contributed by atoms with Crippen LogP contribution in [0.5, 0.6) is 0 Å². The SMILES string of the molecule is Cc1cc(C)nc(N(C)c2ccc(N3C(N)=NC(N)=NC34CCCCC4)cc2)n1. The molecule has 1 fully saturated rings. The standard InChI is InChI=1S/C21H28N8/c1-14-13-15(2)25-20(24-14)28(3)16-7-9-17(10-8-16)29-19(23)26-18(22)27-21(29)11-5-4-6-12-21/h7-10,13H,4-6,11-12H2,1-3H3,(H4,22,23,26,27). The first-order chi connectivity index (χ1) is 13.9. The maximum absolute atomic E-state index is 6.31. The molecule has 152 valence electrons. The van der Waals surface area contributed by atoms with Gasteiger partial charge in [-0.25, -0.2) is 15.0 Å². The molecular formula is C21H28N8. The normalized spacial score (nSPS) is 18.4. The molecule has 4 N–H and O–H groups in total. The lowest BCUT2D eigenvalue weighted by atomic mass is 9.87. The molecule has 2 aliphatic rings. The van der Waals surface area contributed by atoms with E-state index in [0.29, 0.717) is 11.9 Å². The molecule has 1 aromatic carbocycles. The maximum Gasteiger partial charge on any atom is 0.230 e. The topological polar surface area (TPSA) is 109 Å². The number of aliphatic imine (C=N–C) groups is 2. The lowest BCUT2D eigenvalue weighted by molar-refractivity contribution is 0.305. The fourth-order valence-corrected chi connectivity index (χ4v) is 4.29. The van der Waals surface area contributed by atoms with Crippen molar-refractivity contribution in [1.82, 2.24) is 9.97 Å². The number of rotatable bonds is 3. The minimum Gasteiger partial charge on any atom is -0.369 e. The number of guanidine groups is 2. The van der Waals surface area contributed by atoms with E-state index in [1.54, 1.807) is 0 Å². The van der Waals surface area contributed by atoms with E-state index in [2.05, 4.69) is 15.0 Å². The van der Waals surface area contributed by atoms with Crippen molar-refractivity contribution >= 4 is 29.2 Å². The molecule has 1 spiro atoms. The second-order valence-electron chi connectivity index (χ2n) is 7.84. The predicted molar refractivity (Wildman–Crippen MR) is 118 cm³/mol. The van der Waals surface area contributed by atoms with E-state index in [-0.39, 0.29) is 5.96 Å². The van der Waals surface area contributed by atoms with E-state index >= 15 is 0 Å². The number of nitrogens with zero attached hydrogens (tertiary/aromatic N) is 6. The van der Waals surface area contributed by atoms with Gasteiger partial charge in [-0.15, -0.1) is 0 Å². The summed E-state index contributed by atoms with van der Waals surface area (Å²) in [5, 5.41) is 0. The van der Waals surface area contributed by atoms with Gasteiger partial charge in [0.1, 0.15) is 5.66 Å². The second-order valence-corrected chi connectivity index (χ2v) is 7.84. The molecule has 4 rings (SSSR count). The summed E-state index contributed by atoms with van der Waals surface area (Å²) in [5.41, 5.74) is 15.7. The first kappa shape index (κ1) is 19.2. The summed E-state index contributed by atoms with van der Waals surface area (Å²) in [6.07, 6.45) is 5.25. The van der Waals surface area contributed by atoms with Gasteiger partial charge >= 0.3 is 0 Å². The van der Waals surface area contributed by atoms with E-state index < -0.39 is 5.66 Å². The van der Waals surface area contributed by atoms with Crippen molar-refractivity contribution < 1.29 is 0 Å². The molecule has 1 aromatic heterocycles. The van der Waals surface area contributed by atoms with Gasteiger partial charge in [0.25, 0.3) is 0 Å². The Labute approximate surface area is 171 Å². The number of aromatic nitrogens is 2. The quantitative estimate of drug-likeness (QED) is 0.831. The Morgan fingerprint density at radius 2 is 1.59 bits per heavy atom. The minimum absolute atomic E-state index is 0.268. The van der Waals surface area contributed by atoms with Crippen LogP contribution in [0.4, 0.5) is 17.3 Å². The molecule has 29 heavy (non-hydrogen) atoms. The lowest BCUT2D eigenvalue weighted by Crippen LogP contribution is -2.58. The highest BCUT2D eigenvalue weighted by molar-refractivity contribution is 6.05. The first-order valence-electron chi connectivity index (χ1n) is 10.0. The van der Waals surface area contributed by atoms with Gasteiger partial charge in [-0.1, -0.05) is 6.42 Å². The average Bonchev–Trinajstić information content (AvgIpc) is 2.67. The summed E-state index contributed by atoms with van der Waals surface area (Å²) in [5.74, 6) is 1.34. The highest BCUT2D eigenvalue weighted by Gasteiger charge is 2.42. The lowest BCUT2D eigenvalue weighted by Gasteiger charge is -2.45. The predicted octanol–water partition coefficient (Wildman–Crippen LogP) is 2.97. The summed E-state index contributed by atoms with van der Waals surface area (Å²) < 4.78 is 0. The molecule has 0 bridgehead atoms. The number of benzene rings is 1. The number of nitrogens with two attached hydrogens (primary N) is 2. The molecule has 0 unspecified atom stereocenters. The van der Waals surface area contributed by atoms with Gasteiger partial charge in [0.05, 0.1) is 0 Å². The fourth-order valence-electron chi connectivity index (χ4n) is 4.29. The van der Waals surface area contributed by atoms with Crippen LogP contribution in [-0.4, -0.2) is 34.6 Å². The van der Waals surface area contributed by atoms with E-state index in [1.165, 1.54) is 6.42 Å². The molecule has 0 radical (unpaired) electrons. The molecule has 8 nitrogen and oxygen atoms in total. The van der Waals surface area contributed by atoms with Crippen molar-refractivity contribution in [3.05, 3.63) is 41.7 Å². The summed E-state index contributed by atoms with van der Waals surface area (Å²) >= 11 is 0. The third kappa shape index (κ3) is 3.62. The van der Waals surface area contributed by atoms with Crippen LogP contribution in [0.1, 0.15) is 43.5 Å². The maximum atomic E-state index is 6.31. The molecule has 1 saturated carbocycles. The van der Waals surface area contributed by atoms with Crippen molar-refractivity contribution in [3.8, 4) is 0 Å².